The van der Waals surface area contributed by atoms with Crippen LogP contribution in [-0.2, 0) is 36.4 Å². The molecule has 3 rings (SSSR count). The number of fused-ring (bicyclic) bond motifs is 1. The fraction of sp³-hybridized carbons (Fsp3) is 0.350. The molecule has 0 spiro atoms. The van der Waals surface area contributed by atoms with Crippen molar-refractivity contribution < 1.29 is 22.8 Å². The molecule has 2 amide bonds. The number of carbonyl (C=O) groups is 2. The number of halogens is 3. The van der Waals surface area contributed by atoms with Crippen molar-refractivity contribution in [3.8, 4) is 0 Å². The monoisotopic (exact) mass is 466 g/mol. The maximum absolute atomic E-state index is 13.0. The van der Waals surface area contributed by atoms with Crippen molar-refractivity contribution in [2.75, 3.05) is 10.6 Å². The van der Waals surface area contributed by atoms with Gasteiger partial charge >= 0.3 is 11.9 Å². The van der Waals surface area contributed by atoms with Gasteiger partial charge in [-0.15, -0.1) is 0 Å². The summed E-state index contributed by atoms with van der Waals surface area (Å²) in [6.07, 6.45) is -3.09. The van der Waals surface area contributed by atoms with Crippen molar-refractivity contribution in [3.63, 3.8) is 0 Å². The van der Waals surface area contributed by atoms with E-state index in [0.717, 1.165) is 22.8 Å². The molecule has 0 unspecified atom stereocenters. The molecule has 13 heteroatoms. The average Bonchev–Trinajstić information content (AvgIpc) is 3.15. The number of benzene rings is 1. The molecule has 2 aromatic heterocycles. The first-order valence-corrected chi connectivity index (χ1v) is 9.79. The SMILES string of the molecule is CC(=O)Nc1ccc(C(F)(F)F)cc1NC(=O)CCCn1cnc2c1c(=O)n(C)c(=O)n2C. The van der Waals surface area contributed by atoms with Crippen molar-refractivity contribution in [1.82, 2.24) is 18.7 Å². The second-order valence-corrected chi connectivity index (χ2v) is 7.41. The third-order valence-corrected chi connectivity index (χ3v) is 4.95. The van der Waals surface area contributed by atoms with Crippen LogP contribution >= 0.6 is 0 Å². The molecule has 2 N–H and O–H groups in total. The first-order chi connectivity index (χ1) is 15.4. The van der Waals surface area contributed by atoms with Crippen molar-refractivity contribution >= 4 is 34.4 Å². The molecule has 0 saturated heterocycles. The van der Waals surface area contributed by atoms with E-state index in [2.05, 4.69) is 15.6 Å². The molecule has 3 aromatic rings. The summed E-state index contributed by atoms with van der Waals surface area (Å²) in [4.78, 5) is 52.2. The maximum Gasteiger partial charge on any atom is 0.416 e. The van der Waals surface area contributed by atoms with E-state index in [1.54, 1.807) is 0 Å². The van der Waals surface area contributed by atoms with Gasteiger partial charge in [0.15, 0.2) is 11.2 Å². The van der Waals surface area contributed by atoms with Crippen LogP contribution in [0.2, 0.25) is 0 Å². The smallest absolute Gasteiger partial charge is 0.325 e. The van der Waals surface area contributed by atoms with Gasteiger partial charge < -0.3 is 15.2 Å². The van der Waals surface area contributed by atoms with E-state index in [9.17, 15) is 32.3 Å². The van der Waals surface area contributed by atoms with Crippen molar-refractivity contribution in [2.24, 2.45) is 14.1 Å². The van der Waals surface area contributed by atoms with Crippen LogP contribution in [0.3, 0.4) is 0 Å². The van der Waals surface area contributed by atoms with E-state index in [1.165, 1.54) is 36.5 Å². The molecule has 0 radical (unpaired) electrons. The van der Waals surface area contributed by atoms with Gasteiger partial charge in [0, 0.05) is 34.0 Å². The number of imidazole rings is 1. The number of amides is 2. The zero-order chi connectivity index (χ0) is 24.5. The van der Waals surface area contributed by atoms with Gasteiger partial charge in [0.25, 0.3) is 5.56 Å². The van der Waals surface area contributed by atoms with Crippen LogP contribution in [-0.4, -0.2) is 30.5 Å². The zero-order valence-corrected chi connectivity index (χ0v) is 18.0. The summed E-state index contributed by atoms with van der Waals surface area (Å²) in [6, 6.07) is 2.62. The average molecular weight is 466 g/mol. The standard InChI is InChI=1S/C20H21F3N6O4/c1-11(30)25-13-7-6-12(20(21,22)23)9-14(13)26-15(31)5-4-8-29-10-24-17-16(29)18(32)28(3)19(33)27(17)2/h6-7,9-10H,4-5,8H2,1-3H3,(H,25,30)(H,26,31). The Kier molecular flexibility index (Phi) is 6.42. The Morgan fingerprint density at radius 2 is 1.76 bits per heavy atom. The highest BCUT2D eigenvalue weighted by Crippen LogP contribution is 2.34. The normalized spacial score (nSPS) is 11.6. The molecule has 176 valence electrons. The van der Waals surface area contributed by atoms with Crippen LogP contribution in [0.15, 0.2) is 34.1 Å². The number of nitrogens with one attached hydrogen (secondary N) is 2. The van der Waals surface area contributed by atoms with E-state index in [1.807, 2.05) is 0 Å². The lowest BCUT2D eigenvalue weighted by Gasteiger charge is -2.15. The minimum Gasteiger partial charge on any atom is -0.325 e. The van der Waals surface area contributed by atoms with Gasteiger partial charge in [-0.2, -0.15) is 13.2 Å². The van der Waals surface area contributed by atoms with Crippen LogP contribution < -0.4 is 21.9 Å². The number of aromatic nitrogens is 4. The van der Waals surface area contributed by atoms with Crippen molar-refractivity contribution in [1.29, 1.82) is 0 Å². The molecule has 0 aliphatic carbocycles. The molecule has 0 aliphatic heterocycles. The van der Waals surface area contributed by atoms with Crippen LogP contribution in [0.25, 0.3) is 11.2 Å². The molecule has 0 bridgehead atoms. The predicted octanol–water partition coefficient (Wildman–Crippen LogP) is 1.83. The predicted molar refractivity (Wildman–Crippen MR) is 114 cm³/mol. The molecule has 2 heterocycles. The number of nitrogens with zero attached hydrogens (tertiary/aromatic N) is 4. The third-order valence-electron chi connectivity index (χ3n) is 4.95. The highest BCUT2D eigenvalue weighted by atomic mass is 19.4. The minimum atomic E-state index is -4.62. The molecule has 33 heavy (non-hydrogen) atoms. The number of carbonyl (C=O) groups excluding carboxylic acids is 2. The van der Waals surface area contributed by atoms with Gasteiger partial charge in [-0.3, -0.25) is 23.5 Å². The van der Waals surface area contributed by atoms with Gasteiger partial charge in [-0.25, -0.2) is 9.78 Å². The summed E-state index contributed by atoms with van der Waals surface area (Å²) >= 11 is 0. The van der Waals surface area contributed by atoms with Crippen molar-refractivity contribution in [3.05, 3.63) is 50.9 Å². The number of rotatable bonds is 6. The van der Waals surface area contributed by atoms with Crippen LogP contribution in [0, 0.1) is 0 Å². The van der Waals surface area contributed by atoms with Crippen LogP contribution in [0.5, 0.6) is 0 Å². The summed E-state index contributed by atoms with van der Waals surface area (Å²) in [5, 5.41) is 4.77. The number of aryl methyl sites for hydroxylation is 2. The minimum absolute atomic E-state index is 0.0360. The van der Waals surface area contributed by atoms with E-state index in [0.29, 0.717) is 0 Å². The summed E-state index contributed by atoms with van der Waals surface area (Å²) in [5.41, 5.74) is -1.76. The highest BCUT2D eigenvalue weighted by molar-refractivity contribution is 5.99. The fourth-order valence-electron chi connectivity index (χ4n) is 3.31. The summed E-state index contributed by atoms with van der Waals surface area (Å²) in [5.74, 6) is -1.08. The summed E-state index contributed by atoms with van der Waals surface area (Å²) in [6.45, 7) is 1.40. The second kappa shape index (κ2) is 8.92. The fourth-order valence-corrected chi connectivity index (χ4v) is 3.31. The van der Waals surface area contributed by atoms with Gasteiger partial charge in [0.05, 0.1) is 23.3 Å². The molecule has 0 aliphatic rings. The molecule has 1 aromatic carbocycles. The topological polar surface area (TPSA) is 120 Å². The van der Waals surface area contributed by atoms with Crippen LogP contribution in [0.1, 0.15) is 25.3 Å². The second-order valence-electron chi connectivity index (χ2n) is 7.41. The van der Waals surface area contributed by atoms with E-state index >= 15 is 0 Å². The maximum atomic E-state index is 13.0. The molecular weight excluding hydrogens is 445 g/mol. The first kappa shape index (κ1) is 23.8. The van der Waals surface area contributed by atoms with Gasteiger partial charge in [0.2, 0.25) is 11.8 Å². The van der Waals surface area contributed by atoms with Gasteiger partial charge in [0.1, 0.15) is 0 Å². The Balaban J connectivity index is 1.75. The molecular formula is C20H21F3N6O4. The number of anilines is 2. The lowest BCUT2D eigenvalue weighted by Crippen LogP contribution is -2.37. The van der Waals surface area contributed by atoms with Gasteiger partial charge in [-0.05, 0) is 24.6 Å². The molecule has 0 atom stereocenters. The lowest BCUT2D eigenvalue weighted by molar-refractivity contribution is -0.137. The summed E-state index contributed by atoms with van der Waals surface area (Å²) in [7, 11) is 2.83. The Morgan fingerprint density at radius 3 is 2.39 bits per heavy atom. The Hall–Kier alpha value is -3.90. The Morgan fingerprint density at radius 1 is 1.06 bits per heavy atom. The Labute approximate surface area is 184 Å². The lowest BCUT2D eigenvalue weighted by atomic mass is 10.1. The molecule has 0 saturated carbocycles. The largest absolute Gasteiger partial charge is 0.416 e. The molecule has 0 fully saturated rings. The Bertz CT molecular complexity index is 1350. The van der Waals surface area contributed by atoms with Crippen molar-refractivity contribution in [2.45, 2.75) is 32.5 Å². The molecule has 10 nitrogen and oxygen atoms in total. The summed E-state index contributed by atoms with van der Waals surface area (Å²) < 4.78 is 42.8. The van der Waals surface area contributed by atoms with E-state index in [-0.39, 0.29) is 41.9 Å². The van der Waals surface area contributed by atoms with E-state index in [4.69, 9.17) is 0 Å². The van der Waals surface area contributed by atoms with E-state index < -0.39 is 34.8 Å². The third kappa shape index (κ3) is 4.96. The number of alkyl halides is 3. The zero-order valence-electron chi connectivity index (χ0n) is 18.0. The quantitative estimate of drug-likeness (QED) is 0.574. The highest BCUT2D eigenvalue weighted by Gasteiger charge is 2.31. The van der Waals surface area contributed by atoms with Gasteiger partial charge in [-0.1, -0.05) is 0 Å². The number of hydrogen-bond donors (Lipinski definition) is 2. The number of hydrogen-bond acceptors (Lipinski definition) is 5. The first-order valence-electron chi connectivity index (χ1n) is 9.79. The van der Waals surface area contributed by atoms with Crippen LogP contribution in [0.4, 0.5) is 24.5 Å².